The highest BCUT2D eigenvalue weighted by molar-refractivity contribution is 5.84. The lowest BCUT2D eigenvalue weighted by Crippen LogP contribution is -2.65. The maximum absolute atomic E-state index is 14.3. The van der Waals surface area contributed by atoms with E-state index in [-0.39, 0.29) is 69.8 Å². The van der Waals surface area contributed by atoms with Crippen molar-refractivity contribution in [3.8, 4) is 0 Å². The fourth-order valence-electron chi connectivity index (χ4n) is 12.0. The molecule has 3 N–H and O–H groups in total. The number of carboxylic acid groups (broad SMARTS) is 1. The van der Waals surface area contributed by atoms with Crippen molar-refractivity contribution in [1.82, 2.24) is 10.6 Å². The summed E-state index contributed by atoms with van der Waals surface area (Å²) in [5.74, 6) is -0.0894. The number of carboxylic acids is 1. The van der Waals surface area contributed by atoms with E-state index in [0.717, 1.165) is 64.2 Å². The molecule has 8 heteroatoms. The molecule has 8 atom stereocenters. The maximum atomic E-state index is 14.3. The van der Waals surface area contributed by atoms with Crippen LogP contribution in [0.25, 0.3) is 0 Å². The summed E-state index contributed by atoms with van der Waals surface area (Å²) in [6.07, 6.45) is 13.8. The van der Waals surface area contributed by atoms with Crippen molar-refractivity contribution in [2.45, 2.75) is 145 Å². The van der Waals surface area contributed by atoms with E-state index in [1.54, 1.807) is 0 Å². The SMILES string of the molecule is CCC(=O)O[C@H]1CC[C@]2(C)[C@H]3CC=C4[C@@H]5CC(C)(C)CC[C@]5(C(=O)NCCCC(=O)NCC(=O)O)CC[C@@]4(C)[C@]3(C)CC[C@H]2C1(C)C. The van der Waals surface area contributed by atoms with Gasteiger partial charge in [-0.1, -0.05) is 67.0 Å². The Labute approximate surface area is 283 Å². The molecule has 0 bridgehead atoms. The van der Waals surface area contributed by atoms with E-state index in [0.29, 0.717) is 31.2 Å². The van der Waals surface area contributed by atoms with Gasteiger partial charge in [0, 0.05) is 24.8 Å². The minimum atomic E-state index is -1.06. The van der Waals surface area contributed by atoms with Gasteiger partial charge in [-0.05, 0) is 110 Å². The third kappa shape index (κ3) is 5.96. The molecule has 4 saturated carbocycles. The summed E-state index contributed by atoms with van der Waals surface area (Å²) in [4.78, 5) is 49.4. The van der Waals surface area contributed by atoms with Crippen LogP contribution < -0.4 is 10.6 Å². The minimum Gasteiger partial charge on any atom is -0.480 e. The molecule has 0 saturated heterocycles. The van der Waals surface area contributed by atoms with Crippen LogP contribution in [0.1, 0.15) is 139 Å². The van der Waals surface area contributed by atoms with Crippen LogP contribution >= 0.6 is 0 Å². The van der Waals surface area contributed by atoms with Gasteiger partial charge in [0.15, 0.2) is 0 Å². The Morgan fingerprint density at radius 2 is 1.60 bits per heavy atom. The second kappa shape index (κ2) is 12.5. The second-order valence-electron chi connectivity index (χ2n) is 18.1. The van der Waals surface area contributed by atoms with E-state index in [1.807, 2.05) is 6.92 Å². The number of allylic oxidation sites excluding steroid dienone is 2. The number of hydrogen-bond acceptors (Lipinski definition) is 5. The van der Waals surface area contributed by atoms with Gasteiger partial charge in [0.1, 0.15) is 12.6 Å². The number of rotatable bonds is 9. The van der Waals surface area contributed by atoms with Crippen molar-refractivity contribution >= 4 is 23.8 Å². The van der Waals surface area contributed by atoms with E-state index in [4.69, 9.17) is 9.84 Å². The van der Waals surface area contributed by atoms with E-state index in [1.165, 1.54) is 5.57 Å². The molecule has 0 heterocycles. The topological polar surface area (TPSA) is 122 Å². The quantitative estimate of drug-likeness (QED) is 0.137. The minimum absolute atomic E-state index is 0.0175. The molecule has 0 aliphatic heterocycles. The number of carbonyl (C=O) groups is 4. The summed E-state index contributed by atoms with van der Waals surface area (Å²) >= 11 is 0. The number of amides is 2. The van der Waals surface area contributed by atoms with E-state index in [9.17, 15) is 19.2 Å². The lowest BCUT2D eigenvalue weighted by molar-refractivity contribution is -0.212. The molecule has 0 aromatic heterocycles. The Hall–Kier alpha value is -2.38. The Balaban J connectivity index is 1.39. The molecule has 0 aromatic rings. The number of aliphatic carboxylic acids is 1. The molecule has 8 nitrogen and oxygen atoms in total. The van der Waals surface area contributed by atoms with Crippen LogP contribution in [0.2, 0.25) is 0 Å². The van der Waals surface area contributed by atoms with Gasteiger partial charge in [0.25, 0.3) is 0 Å². The molecule has 0 radical (unpaired) electrons. The van der Waals surface area contributed by atoms with Crippen LogP contribution in [-0.4, -0.2) is 48.1 Å². The first kappa shape index (κ1) is 35.9. The van der Waals surface area contributed by atoms with Gasteiger partial charge in [-0.2, -0.15) is 0 Å². The van der Waals surface area contributed by atoms with Gasteiger partial charge in [0.2, 0.25) is 11.8 Å². The van der Waals surface area contributed by atoms with Crippen molar-refractivity contribution in [1.29, 1.82) is 0 Å². The Morgan fingerprint density at radius 3 is 2.28 bits per heavy atom. The summed E-state index contributed by atoms with van der Waals surface area (Å²) in [5.41, 5.74) is 1.49. The third-order valence-electron chi connectivity index (χ3n) is 14.9. The molecular weight excluding hydrogens is 592 g/mol. The Morgan fingerprint density at radius 1 is 0.894 bits per heavy atom. The number of esters is 1. The molecule has 2 amide bonds. The summed E-state index contributed by atoms with van der Waals surface area (Å²) in [6, 6.07) is 0. The summed E-state index contributed by atoms with van der Waals surface area (Å²) in [7, 11) is 0. The Kier molecular flexibility index (Phi) is 9.55. The normalized spacial score (nSPS) is 39.9. The van der Waals surface area contributed by atoms with Crippen LogP contribution in [0.3, 0.4) is 0 Å². The first-order valence-electron chi connectivity index (χ1n) is 18.5. The van der Waals surface area contributed by atoms with Crippen molar-refractivity contribution in [3.63, 3.8) is 0 Å². The molecule has 0 aromatic carbocycles. The van der Waals surface area contributed by atoms with Crippen LogP contribution in [0.4, 0.5) is 0 Å². The van der Waals surface area contributed by atoms with Gasteiger partial charge in [-0.25, -0.2) is 0 Å². The second-order valence-corrected chi connectivity index (χ2v) is 18.1. The lowest BCUT2D eigenvalue weighted by Gasteiger charge is -2.71. The van der Waals surface area contributed by atoms with Crippen LogP contribution in [0.15, 0.2) is 11.6 Å². The molecule has 0 spiro atoms. The highest BCUT2D eigenvalue weighted by Crippen LogP contribution is 2.75. The van der Waals surface area contributed by atoms with Crippen molar-refractivity contribution in [2.75, 3.05) is 13.1 Å². The van der Waals surface area contributed by atoms with Gasteiger partial charge >= 0.3 is 11.9 Å². The van der Waals surface area contributed by atoms with Gasteiger partial charge in [-0.3, -0.25) is 19.2 Å². The van der Waals surface area contributed by atoms with Crippen LogP contribution in [0.5, 0.6) is 0 Å². The zero-order valence-electron chi connectivity index (χ0n) is 30.5. The van der Waals surface area contributed by atoms with Crippen molar-refractivity contribution < 1.29 is 29.0 Å². The molecule has 0 unspecified atom stereocenters. The smallest absolute Gasteiger partial charge is 0.322 e. The predicted octanol–water partition coefficient (Wildman–Crippen LogP) is 7.21. The molecule has 5 rings (SSSR count). The molecule has 5 aliphatic carbocycles. The number of nitrogens with one attached hydrogen (secondary N) is 2. The molecule has 264 valence electrons. The maximum Gasteiger partial charge on any atom is 0.322 e. The first-order chi connectivity index (χ1) is 21.9. The van der Waals surface area contributed by atoms with Gasteiger partial charge < -0.3 is 20.5 Å². The zero-order chi connectivity index (χ0) is 34.6. The highest BCUT2D eigenvalue weighted by Gasteiger charge is 2.69. The predicted molar refractivity (Wildman–Crippen MR) is 182 cm³/mol. The molecular formula is C39H62N2O6. The third-order valence-corrected chi connectivity index (χ3v) is 14.9. The average Bonchev–Trinajstić information content (AvgIpc) is 2.99. The molecule has 5 aliphatic rings. The number of ether oxygens (including phenoxy) is 1. The van der Waals surface area contributed by atoms with E-state index >= 15 is 0 Å². The monoisotopic (exact) mass is 654 g/mol. The van der Waals surface area contributed by atoms with Crippen LogP contribution in [0, 0.1) is 50.2 Å². The summed E-state index contributed by atoms with van der Waals surface area (Å²) < 4.78 is 6.07. The number of fused-ring (bicyclic) bond motifs is 7. The first-order valence-corrected chi connectivity index (χ1v) is 18.5. The molecule has 4 fully saturated rings. The summed E-state index contributed by atoms with van der Waals surface area (Å²) in [5, 5.41) is 14.5. The summed E-state index contributed by atoms with van der Waals surface area (Å²) in [6.45, 7) is 19.0. The van der Waals surface area contributed by atoms with Crippen LogP contribution in [-0.2, 0) is 23.9 Å². The lowest BCUT2D eigenvalue weighted by atomic mass is 9.33. The van der Waals surface area contributed by atoms with Gasteiger partial charge in [0.05, 0.1) is 5.41 Å². The number of hydrogen-bond donors (Lipinski definition) is 3. The zero-order valence-corrected chi connectivity index (χ0v) is 30.5. The van der Waals surface area contributed by atoms with Gasteiger partial charge in [-0.15, -0.1) is 0 Å². The van der Waals surface area contributed by atoms with Crippen molar-refractivity contribution in [3.05, 3.63) is 11.6 Å². The fraction of sp³-hybridized carbons (Fsp3) is 0.846. The standard InChI is InChI=1S/C39H62N2O6/c1-9-32(45)47-29-15-16-36(6)27(35(29,4)5)14-17-38(8)28(36)13-12-25-26-23-34(2,3)18-20-39(26,21-19-37(25,38)7)33(46)40-22-10-11-30(42)41-24-31(43)44/h12,26-29H,9-11,13-24H2,1-8H3,(H,40,46)(H,41,42)(H,43,44)/t26-,27-,28+,29-,36-,37+,38+,39-/m0/s1. The molecule has 47 heavy (non-hydrogen) atoms. The number of carbonyl (C=O) groups excluding carboxylic acids is 3. The van der Waals surface area contributed by atoms with E-state index < -0.39 is 11.4 Å². The average molecular weight is 655 g/mol. The Bertz CT molecular complexity index is 1300. The highest BCUT2D eigenvalue weighted by atomic mass is 16.5. The largest absolute Gasteiger partial charge is 0.480 e. The van der Waals surface area contributed by atoms with E-state index in [2.05, 4.69) is 65.2 Å². The van der Waals surface area contributed by atoms with Crippen molar-refractivity contribution in [2.24, 2.45) is 50.2 Å². The fourth-order valence-corrected chi connectivity index (χ4v) is 12.0.